The molecular formula is C9H14O4S2. The van der Waals surface area contributed by atoms with Crippen LogP contribution in [0.4, 0.5) is 0 Å². The molecule has 0 radical (unpaired) electrons. The molecule has 4 nitrogen and oxygen atoms in total. The molecule has 15 heavy (non-hydrogen) atoms. The zero-order chi connectivity index (χ0) is 11.1. The topological polar surface area (TPSA) is 71.4 Å². The van der Waals surface area contributed by atoms with Crippen LogP contribution in [0.2, 0.25) is 0 Å². The van der Waals surface area contributed by atoms with Crippen molar-refractivity contribution >= 4 is 27.9 Å². The highest BCUT2D eigenvalue weighted by atomic mass is 32.2. The summed E-state index contributed by atoms with van der Waals surface area (Å²) < 4.78 is 22.1. The monoisotopic (exact) mass is 250 g/mol. The summed E-state index contributed by atoms with van der Waals surface area (Å²) >= 11 is 1.50. The Morgan fingerprint density at radius 3 is 2.53 bits per heavy atom. The summed E-state index contributed by atoms with van der Waals surface area (Å²) in [6, 6.07) is 0. The van der Waals surface area contributed by atoms with Gasteiger partial charge in [0.25, 0.3) is 0 Å². The van der Waals surface area contributed by atoms with Crippen molar-refractivity contribution in [3.8, 4) is 0 Å². The molecule has 1 N–H and O–H groups in total. The predicted molar refractivity (Wildman–Crippen MR) is 58.6 cm³/mol. The first-order valence-electron chi connectivity index (χ1n) is 4.98. The second-order valence-corrected chi connectivity index (χ2v) is 7.89. The van der Waals surface area contributed by atoms with Crippen LogP contribution in [-0.2, 0) is 14.6 Å². The molecule has 0 aliphatic carbocycles. The molecule has 2 aliphatic heterocycles. The number of aldehydes is 1. The molecule has 6 heteroatoms. The minimum absolute atomic E-state index is 0.0418. The van der Waals surface area contributed by atoms with Gasteiger partial charge in [-0.15, -0.1) is 11.8 Å². The van der Waals surface area contributed by atoms with Gasteiger partial charge >= 0.3 is 0 Å². The van der Waals surface area contributed by atoms with E-state index in [4.69, 9.17) is 0 Å². The van der Waals surface area contributed by atoms with Crippen molar-refractivity contribution in [1.29, 1.82) is 0 Å². The van der Waals surface area contributed by atoms with Gasteiger partial charge in [0.15, 0.2) is 9.84 Å². The van der Waals surface area contributed by atoms with Gasteiger partial charge in [0, 0.05) is 5.92 Å². The molecule has 2 heterocycles. The van der Waals surface area contributed by atoms with Crippen LogP contribution in [0, 0.1) is 5.92 Å². The van der Waals surface area contributed by atoms with E-state index in [1.54, 1.807) is 0 Å². The maximum Gasteiger partial charge on any atom is 0.153 e. The van der Waals surface area contributed by atoms with Crippen LogP contribution >= 0.6 is 11.8 Å². The lowest BCUT2D eigenvalue weighted by Crippen LogP contribution is -2.40. The Kier molecular flexibility index (Phi) is 2.85. The van der Waals surface area contributed by atoms with Gasteiger partial charge in [0.1, 0.15) is 6.29 Å². The largest absolute Gasteiger partial charge is 0.392 e. The number of rotatable bonds is 2. The van der Waals surface area contributed by atoms with Crippen LogP contribution in [0.5, 0.6) is 0 Å². The second-order valence-electron chi connectivity index (χ2n) is 4.28. The average Bonchev–Trinajstić information content (AvgIpc) is 2.71. The number of sulfone groups is 1. The van der Waals surface area contributed by atoms with E-state index in [0.29, 0.717) is 6.42 Å². The van der Waals surface area contributed by atoms with Crippen molar-refractivity contribution in [3.63, 3.8) is 0 Å². The number of hydrogen-bond acceptors (Lipinski definition) is 5. The van der Waals surface area contributed by atoms with Crippen LogP contribution in [0.1, 0.15) is 12.8 Å². The molecule has 0 amide bonds. The van der Waals surface area contributed by atoms with E-state index in [9.17, 15) is 18.3 Å². The molecule has 0 aromatic carbocycles. The van der Waals surface area contributed by atoms with Crippen molar-refractivity contribution in [2.75, 3.05) is 17.3 Å². The molecule has 2 fully saturated rings. The second kappa shape index (κ2) is 3.75. The third-order valence-electron chi connectivity index (χ3n) is 3.23. The van der Waals surface area contributed by atoms with Crippen LogP contribution in [0.25, 0.3) is 0 Å². The number of thioether (sulfide) groups is 1. The number of aliphatic hydroxyl groups excluding tert-OH is 1. The van der Waals surface area contributed by atoms with Gasteiger partial charge in [0.05, 0.1) is 22.4 Å². The summed E-state index contributed by atoms with van der Waals surface area (Å²) in [5.74, 6) is 0.239. The van der Waals surface area contributed by atoms with E-state index >= 15 is 0 Å². The normalized spacial score (nSPS) is 44.3. The summed E-state index contributed by atoms with van der Waals surface area (Å²) in [6.07, 6.45) is 1.59. The minimum Gasteiger partial charge on any atom is -0.392 e. The van der Waals surface area contributed by atoms with E-state index in [-0.39, 0.29) is 11.5 Å². The lowest BCUT2D eigenvalue weighted by Gasteiger charge is -2.29. The number of aliphatic hydroxyl groups is 1. The molecular weight excluding hydrogens is 236 g/mol. The summed E-state index contributed by atoms with van der Waals surface area (Å²) in [5, 5.41) is 9.73. The Labute approximate surface area is 93.4 Å². The van der Waals surface area contributed by atoms with Crippen LogP contribution < -0.4 is 0 Å². The van der Waals surface area contributed by atoms with Crippen LogP contribution in [0.3, 0.4) is 0 Å². The van der Waals surface area contributed by atoms with E-state index in [0.717, 1.165) is 18.5 Å². The molecule has 3 unspecified atom stereocenters. The highest BCUT2D eigenvalue weighted by molar-refractivity contribution is 8.01. The lowest BCUT2D eigenvalue weighted by molar-refractivity contribution is -0.111. The maximum atomic E-state index is 11.4. The molecule has 0 aromatic heterocycles. The zero-order valence-electron chi connectivity index (χ0n) is 8.26. The summed E-state index contributed by atoms with van der Waals surface area (Å²) in [4.78, 5) is 11.1. The van der Waals surface area contributed by atoms with Gasteiger partial charge in [0.2, 0.25) is 0 Å². The van der Waals surface area contributed by atoms with Gasteiger partial charge in [-0.25, -0.2) is 8.42 Å². The van der Waals surface area contributed by atoms with Crippen LogP contribution in [0.15, 0.2) is 0 Å². The van der Waals surface area contributed by atoms with E-state index in [1.807, 2.05) is 0 Å². The molecule has 2 aliphatic rings. The maximum absolute atomic E-state index is 11.4. The van der Waals surface area contributed by atoms with Gasteiger partial charge in [-0.1, -0.05) is 0 Å². The SMILES string of the molecule is O=CC1(C2CS(=O)(=O)CC2O)CCCS1. The Morgan fingerprint density at radius 2 is 2.13 bits per heavy atom. The zero-order valence-corrected chi connectivity index (χ0v) is 9.89. The van der Waals surface area contributed by atoms with Crippen molar-refractivity contribution < 1.29 is 18.3 Å². The first kappa shape index (κ1) is 11.4. The smallest absolute Gasteiger partial charge is 0.153 e. The molecule has 2 rings (SSSR count). The molecule has 0 spiro atoms. The van der Waals surface area contributed by atoms with Gasteiger partial charge in [-0.05, 0) is 18.6 Å². The Balaban J connectivity index is 2.26. The van der Waals surface area contributed by atoms with Crippen molar-refractivity contribution in [1.82, 2.24) is 0 Å². The molecule has 3 atom stereocenters. The molecule has 2 saturated heterocycles. The van der Waals surface area contributed by atoms with Crippen molar-refractivity contribution in [2.24, 2.45) is 5.92 Å². The van der Waals surface area contributed by atoms with Gasteiger partial charge < -0.3 is 9.90 Å². The summed E-state index contributed by atoms with van der Waals surface area (Å²) in [5.41, 5.74) is 0. The number of hydrogen-bond donors (Lipinski definition) is 1. The van der Waals surface area contributed by atoms with E-state index in [2.05, 4.69) is 0 Å². The molecule has 0 saturated carbocycles. The minimum atomic E-state index is -3.15. The molecule has 0 bridgehead atoms. The first-order chi connectivity index (χ1) is 6.99. The Morgan fingerprint density at radius 1 is 1.40 bits per heavy atom. The highest BCUT2D eigenvalue weighted by Crippen LogP contribution is 2.46. The predicted octanol–water partition coefficient (Wildman–Crippen LogP) is -0.143. The average molecular weight is 250 g/mol. The number of carbonyl (C=O) groups excluding carboxylic acids is 1. The third-order valence-corrected chi connectivity index (χ3v) is 6.58. The third kappa shape index (κ3) is 1.94. The highest BCUT2D eigenvalue weighted by Gasteiger charge is 2.51. The van der Waals surface area contributed by atoms with Crippen molar-refractivity contribution in [2.45, 2.75) is 23.7 Å². The van der Waals surface area contributed by atoms with Gasteiger partial charge in [-0.3, -0.25) is 0 Å². The Hall–Kier alpha value is -0.0700. The van der Waals surface area contributed by atoms with E-state index in [1.165, 1.54) is 11.8 Å². The van der Waals surface area contributed by atoms with E-state index < -0.39 is 26.6 Å². The standard InChI is InChI=1S/C9H14O4S2/c10-6-9(2-1-3-14-9)7-4-15(12,13)5-8(7)11/h6-8,11H,1-5H2. The fourth-order valence-corrected chi connectivity index (χ4v) is 5.99. The number of carbonyl (C=O) groups is 1. The quantitative estimate of drug-likeness (QED) is 0.691. The molecule has 0 aromatic rings. The van der Waals surface area contributed by atoms with Gasteiger partial charge in [-0.2, -0.15) is 0 Å². The molecule has 86 valence electrons. The van der Waals surface area contributed by atoms with Crippen molar-refractivity contribution in [3.05, 3.63) is 0 Å². The summed E-state index contributed by atoms with van der Waals surface area (Å²) in [7, 11) is -3.15. The summed E-state index contributed by atoms with van der Waals surface area (Å²) in [6.45, 7) is 0. The lowest BCUT2D eigenvalue weighted by atomic mass is 9.87. The Bertz CT molecular complexity index is 356. The first-order valence-corrected chi connectivity index (χ1v) is 7.79. The fraction of sp³-hybridized carbons (Fsp3) is 0.889. The fourth-order valence-electron chi connectivity index (χ4n) is 2.45. The van der Waals surface area contributed by atoms with Crippen LogP contribution in [-0.4, -0.2) is 47.9 Å².